The van der Waals surface area contributed by atoms with Crippen LogP contribution in [-0.2, 0) is 4.79 Å². The Morgan fingerprint density at radius 2 is 1.76 bits per heavy atom. The SMILES string of the molecule is Cc1nc2ccccc2c(=O)n1-c1ccc(OC(C)(C)C(=O)O)cc1. The Bertz CT molecular complexity index is 1000. The molecule has 0 aliphatic rings. The number of fused-ring (bicyclic) bond motifs is 1. The highest BCUT2D eigenvalue weighted by atomic mass is 16.5. The van der Waals surface area contributed by atoms with E-state index in [-0.39, 0.29) is 5.56 Å². The van der Waals surface area contributed by atoms with Gasteiger partial charge in [-0.3, -0.25) is 9.36 Å². The van der Waals surface area contributed by atoms with Crippen LogP contribution in [0.1, 0.15) is 19.7 Å². The molecule has 1 heterocycles. The predicted octanol–water partition coefficient (Wildman–Crippen LogP) is 2.94. The molecule has 0 spiro atoms. The number of carboxylic acids is 1. The van der Waals surface area contributed by atoms with Crippen LogP contribution in [0.4, 0.5) is 0 Å². The zero-order chi connectivity index (χ0) is 18.2. The minimum Gasteiger partial charge on any atom is -0.478 e. The Balaban J connectivity index is 2.02. The van der Waals surface area contributed by atoms with Gasteiger partial charge in [0, 0.05) is 0 Å². The first-order chi connectivity index (χ1) is 11.8. The average Bonchev–Trinajstić information content (AvgIpc) is 2.56. The lowest BCUT2D eigenvalue weighted by Gasteiger charge is -2.21. The zero-order valence-electron chi connectivity index (χ0n) is 14.2. The van der Waals surface area contributed by atoms with Crippen molar-refractivity contribution in [2.24, 2.45) is 0 Å². The normalized spacial score (nSPS) is 11.5. The molecule has 6 heteroatoms. The van der Waals surface area contributed by atoms with E-state index in [1.165, 1.54) is 18.4 Å². The maximum Gasteiger partial charge on any atom is 0.347 e. The van der Waals surface area contributed by atoms with Gasteiger partial charge in [0.05, 0.1) is 16.6 Å². The highest BCUT2D eigenvalue weighted by Crippen LogP contribution is 2.21. The van der Waals surface area contributed by atoms with Crippen molar-refractivity contribution in [1.29, 1.82) is 0 Å². The van der Waals surface area contributed by atoms with Crippen molar-refractivity contribution in [2.75, 3.05) is 0 Å². The molecule has 0 aliphatic carbocycles. The second-order valence-electron chi connectivity index (χ2n) is 6.23. The average molecular weight is 338 g/mol. The molecule has 0 saturated heterocycles. The van der Waals surface area contributed by atoms with Crippen LogP contribution in [0.15, 0.2) is 53.3 Å². The van der Waals surface area contributed by atoms with Crippen molar-refractivity contribution in [1.82, 2.24) is 9.55 Å². The number of aliphatic carboxylic acids is 1. The number of aromatic nitrogens is 2. The third kappa shape index (κ3) is 3.10. The van der Waals surface area contributed by atoms with Crippen LogP contribution in [-0.4, -0.2) is 26.2 Å². The summed E-state index contributed by atoms with van der Waals surface area (Å²) >= 11 is 0. The standard InChI is InChI=1S/C19H18N2O4/c1-12-20-16-7-5-4-6-15(16)17(22)21(12)13-8-10-14(11-9-13)25-19(2,3)18(23)24/h4-11H,1-3H3,(H,23,24). The van der Waals surface area contributed by atoms with Crippen molar-refractivity contribution in [3.8, 4) is 11.4 Å². The minimum atomic E-state index is -1.33. The number of carboxylic acid groups (broad SMARTS) is 1. The molecule has 128 valence electrons. The van der Waals surface area contributed by atoms with Crippen LogP contribution < -0.4 is 10.3 Å². The fraction of sp³-hybridized carbons (Fsp3) is 0.211. The number of hydrogen-bond acceptors (Lipinski definition) is 4. The van der Waals surface area contributed by atoms with Gasteiger partial charge in [-0.1, -0.05) is 12.1 Å². The van der Waals surface area contributed by atoms with E-state index in [4.69, 9.17) is 9.84 Å². The van der Waals surface area contributed by atoms with E-state index in [9.17, 15) is 9.59 Å². The van der Waals surface area contributed by atoms with Gasteiger partial charge >= 0.3 is 5.97 Å². The lowest BCUT2D eigenvalue weighted by molar-refractivity contribution is -0.152. The smallest absolute Gasteiger partial charge is 0.347 e. The van der Waals surface area contributed by atoms with Crippen LogP contribution in [0.2, 0.25) is 0 Å². The van der Waals surface area contributed by atoms with Gasteiger partial charge in [-0.05, 0) is 57.2 Å². The van der Waals surface area contributed by atoms with E-state index in [1.807, 2.05) is 6.07 Å². The second kappa shape index (κ2) is 6.05. The molecule has 3 rings (SSSR count). The monoisotopic (exact) mass is 338 g/mol. The molecular weight excluding hydrogens is 320 g/mol. The molecule has 1 N–H and O–H groups in total. The highest BCUT2D eigenvalue weighted by molar-refractivity contribution is 5.78. The predicted molar refractivity (Wildman–Crippen MR) is 94.4 cm³/mol. The molecule has 0 radical (unpaired) electrons. The van der Waals surface area contributed by atoms with Gasteiger partial charge in [-0.25, -0.2) is 9.78 Å². The van der Waals surface area contributed by atoms with Gasteiger partial charge in [0.2, 0.25) is 0 Å². The summed E-state index contributed by atoms with van der Waals surface area (Å²) in [6.45, 7) is 4.72. The lowest BCUT2D eigenvalue weighted by Crippen LogP contribution is -2.37. The van der Waals surface area contributed by atoms with Crippen LogP contribution in [0.3, 0.4) is 0 Å². The molecular formula is C19H18N2O4. The van der Waals surface area contributed by atoms with Crippen molar-refractivity contribution in [3.63, 3.8) is 0 Å². The number of para-hydroxylation sites is 1. The van der Waals surface area contributed by atoms with Crippen molar-refractivity contribution >= 4 is 16.9 Å². The summed E-state index contributed by atoms with van der Waals surface area (Å²) in [5, 5.41) is 9.67. The van der Waals surface area contributed by atoms with E-state index in [2.05, 4.69) is 4.98 Å². The Labute approximate surface area is 144 Å². The molecule has 0 amide bonds. The summed E-state index contributed by atoms with van der Waals surface area (Å²) < 4.78 is 7.00. The minimum absolute atomic E-state index is 0.150. The number of carbonyl (C=O) groups is 1. The quantitative estimate of drug-likeness (QED) is 0.791. The molecule has 0 fully saturated rings. The summed E-state index contributed by atoms with van der Waals surface area (Å²) in [5.74, 6) is -0.0683. The zero-order valence-corrected chi connectivity index (χ0v) is 14.2. The first-order valence-corrected chi connectivity index (χ1v) is 7.81. The third-order valence-electron chi connectivity index (χ3n) is 3.93. The van der Waals surface area contributed by atoms with Gasteiger partial charge in [-0.15, -0.1) is 0 Å². The fourth-order valence-electron chi connectivity index (χ4n) is 2.55. The van der Waals surface area contributed by atoms with E-state index in [1.54, 1.807) is 49.4 Å². The van der Waals surface area contributed by atoms with Crippen molar-refractivity contribution in [2.45, 2.75) is 26.4 Å². The highest BCUT2D eigenvalue weighted by Gasteiger charge is 2.29. The molecule has 0 saturated carbocycles. The molecule has 1 aromatic heterocycles. The number of aryl methyl sites for hydroxylation is 1. The van der Waals surface area contributed by atoms with Gasteiger partial charge < -0.3 is 9.84 Å². The first-order valence-electron chi connectivity index (χ1n) is 7.81. The molecule has 25 heavy (non-hydrogen) atoms. The van der Waals surface area contributed by atoms with Gasteiger partial charge in [0.1, 0.15) is 11.6 Å². The lowest BCUT2D eigenvalue weighted by atomic mass is 10.1. The van der Waals surface area contributed by atoms with Crippen molar-refractivity contribution < 1.29 is 14.6 Å². The first kappa shape index (κ1) is 16.7. The van der Waals surface area contributed by atoms with Crippen LogP contribution >= 0.6 is 0 Å². The second-order valence-corrected chi connectivity index (χ2v) is 6.23. The van der Waals surface area contributed by atoms with E-state index >= 15 is 0 Å². The Morgan fingerprint density at radius 1 is 1.12 bits per heavy atom. The summed E-state index contributed by atoms with van der Waals surface area (Å²) in [4.78, 5) is 28.4. The summed E-state index contributed by atoms with van der Waals surface area (Å²) in [5.41, 5.74) is -0.188. The Morgan fingerprint density at radius 3 is 2.40 bits per heavy atom. The molecule has 0 aliphatic heterocycles. The number of rotatable bonds is 4. The number of ether oxygens (including phenoxy) is 1. The Kier molecular flexibility index (Phi) is 4.04. The maximum atomic E-state index is 12.8. The fourth-order valence-corrected chi connectivity index (χ4v) is 2.55. The molecule has 3 aromatic rings. The maximum absolute atomic E-state index is 12.8. The van der Waals surface area contributed by atoms with E-state index < -0.39 is 11.6 Å². The largest absolute Gasteiger partial charge is 0.478 e. The van der Waals surface area contributed by atoms with E-state index in [0.29, 0.717) is 28.2 Å². The summed E-state index contributed by atoms with van der Waals surface area (Å²) in [6, 6.07) is 13.9. The van der Waals surface area contributed by atoms with Gasteiger partial charge in [-0.2, -0.15) is 0 Å². The number of nitrogens with zero attached hydrogens (tertiary/aromatic N) is 2. The van der Waals surface area contributed by atoms with Crippen LogP contribution in [0.25, 0.3) is 16.6 Å². The summed E-state index contributed by atoms with van der Waals surface area (Å²) in [7, 11) is 0. The van der Waals surface area contributed by atoms with E-state index in [0.717, 1.165) is 0 Å². The molecule has 0 unspecified atom stereocenters. The van der Waals surface area contributed by atoms with Crippen LogP contribution in [0, 0.1) is 6.92 Å². The van der Waals surface area contributed by atoms with Crippen LogP contribution in [0.5, 0.6) is 5.75 Å². The Hall–Kier alpha value is -3.15. The third-order valence-corrected chi connectivity index (χ3v) is 3.93. The summed E-state index contributed by atoms with van der Waals surface area (Å²) in [6.07, 6.45) is 0. The number of hydrogen-bond donors (Lipinski definition) is 1. The molecule has 0 atom stereocenters. The topological polar surface area (TPSA) is 81.4 Å². The van der Waals surface area contributed by atoms with Crippen molar-refractivity contribution in [3.05, 3.63) is 64.7 Å². The van der Waals surface area contributed by atoms with Gasteiger partial charge in [0.15, 0.2) is 5.60 Å². The van der Waals surface area contributed by atoms with Gasteiger partial charge in [0.25, 0.3) is 5.56 Å². The molecule has 2 aromatic carbocycles. The number of benzene rings is 2. The molecule has 6 nitrogen and oxygen atoms in total. The molecule has 0 bridgehead atoms.